The van der Waals surface area contributed by atoms with Gasteiger partial charge in [0.15, 0.2) is 0 Å². The fourth-order valence-electron chi connectivity index (χ4n) is 2.24. The molecule has 1 aromatic heterocycles. The molecule has 1 saturated carbocycles. The van der Waals surface area contributed by atoms with Crippen LogP contribution in [-0.2, 0) is 0 Å². The minimum Gasteiger partial charge on any atom is -0.346 e. The van der Waals surface area contributed by atoms with Crippen LogP contribution in [0.4, 0.5) is 0 Å². The zero-order chi connectivity index (χ0) is 10.4. The Kier molecular flexibility index (Phi) is 1.79. The molecule has 2 fully saturated rings. The molecule has 0 spiro atoms. The summed E-state index contributed by atoms with van der Waals surface area (Å²) in [7, 11) is 0. The van der Waals surface area contributed by atoms with Crippen molar-refractivity contribution < 1.29 is 9.32 Å². The van der Waals surface area contributed by atoms with Crippen LogP contribution in [-0.4, -0.2) is 35.2 Å². The molecule has 0 aromatic carbocycles. The van der Waals surface area contributed by atoms with Crippen LogP contribution in [0.25, 0.3) is 0 Å². The summed E-state index contributed by atoms with van der Waals surface area (Å²) < 4.78 is 4.75. The molecule has 2 unspecified atom stereocenters. The van der Waals surface area contributed by atoms with Crippen LogP contribution in [0.3, 0.4) is 0 Å². The Balaban J connectivity index is 1.62. The molecule has 0 radical (unpaired) electrons. The molecule has 2 heterocycles. The number of carbonyl (C=O) groups is 1. The van der Waals surface area contributed by atoms with E-state index in [2.05, 4.69) is 20.8 Å². The molecular formula is C9H12N4O2. The van der Waals surface area contributed by atoms with E-state index in [1.807, 2.05) is 0 Å². The van der Waals surface area contributed by atoms with Gasteiger partial charge in [-0.2, -0.15) is 4.98 Å². The van der Waals surface area contributed by atoms with Crippen molar-refractivity contribution in [3.8, 4) is 0 Å². The molecular weight excluding hydrogens is 196 g/mol. The molecule has 15 heavy (non-hydrogen) atoms. The number of rotatable bonds is 2. The molecule has 1 aliphatic carbocycles. The lowest BCUT2D eigenvalue weighted by Gasteiger charge is -2.04. The molecule has 2 atom stereocenters. The Hall–Kier alpha value is -1.43. The number of amides is 1. The number of nitrogens with zero attached hydrogens (tertiary/aromatic N) is 2. The summed E-state index contributed by atoms with van der Waals surface area (Å²) in [5, 5.41) is 9.77. The van der Waals surface area contributed by atoms with Crippen molar-refractivity contribution in [2.45, 2.75) is 13.0 Å². The van der Waals surface area contributed by atoms with E-state index in [4.69, 9.17) is 4.52 Å². The van der Waals surface area contributed by atoms with Gasteiger partial charge in [0, 0.05) is 26.1 Å². The number of hydrogen-bond donors (Lipinski definition) is 2. The second kappa shape index (κ2) is 3.03. The highest BCUT2D eigenvalue weighted by atomic mass is 16.5. The van der Waals surface area contributed by atoms with Crippen LogP contribution in [0.2, 0.25) is 0 Å². The van der Waals surface area contributed by atoms with Crippen molar-refractivity contribution in [2.24, 2.45) is 11.8 Å². The van der Waals surface area contributed by atoms with Crippen LogP contribution in [0.15, 0.2) is 4.52 Å². The monoisotopic (exact) mass is 208 g/mol. The predicted molar refractivity (Wildman–Crippen MR) is 50.1 cm³/mol. The van der Waals surface area contributed by atoms with Gasteiger partial charge < -0.3 is 15.2 Å². The van der Waals surface area contributed by atoms with Gasteiger partial charge in [-0.1, -0.05) is 5.16 Å². The maximum atomic E-state index is 11.6. The van der Waals surface area contributed by atoms with E-state index in [9.17, 15) is 4.79 Å². The first kappa shape index (κ1) is 8.84. The summed E-state index contributed by atoms with van der Waals surface area (Å²) in [4.78, 5) is 15.5. The van der Waals surface area contributed by atoms with E-state index in [1.165, 1.54) is 0 Å². The van der Waals surface area contributed by atoms with Gasteiger partial charge in [0.05, 0.1) is 0 Å². The van der Waals surface area contributed by atoms with E-state index >= 15 is 0 Å². The van der Waals surface area contributed by atoms with Crippen molar-refractivity contribution in [1.29, 1.82) is 0 Å². The molecule has 2 N–H and O–H groups in total. The largest absolute Gasteiger partial charge is 0.346 e. The molecule has 1 aliphatic heterocycles. The lowest BCUT2D eigenvalue weighted by atomic mass is 10.4. The fraction of sp³-hybridized carbons (Fsp3) is 0.667. The van der Waals surface area contributed by atoms with Crippen LogP contribution in [0.5, 0.6) is 0 Å². The molecule has 1 aromatic rings. The maximum absolute atomic E-state index is 11.6. The van der Waals surface area contributed by atoms with E-state index in [0.29, 0.717) is 23.8 Å². The third-order valence-corrected chi connectivity index (χ3v) is 3.12. The first-order chi connectivity index (χ1) is 7.25. The average molecular weight is 208 g/mol. The second-order valence-corrected chi connectivity index (χ2v) is 4.12. The Morgan fingerprint density at radius 2 is 2.27 bits per heavy atom. The molecule has 1 saturated heterocycles. The summed E-state index contributed by atoms with van der Waals surface area (Å²) in [6, 6.07) is 0.303. The average Bonchev–Trinajstić information content (AvgIpc) is 2.66. The fourth-order valence-corrected chi connectivity index (χ4v) is 2.24. The highest BCUT2D eigenvalue weighted by molar-refractivity contribution is 5.90. The smallest absolute Gasteiger partial charge is 0.292 e. The Morgan fingerprint density at radius 1 is 1.53 bits per heavy atom. The van der Waals surface area contributed by atoms with Gasteiger partial charge in [-0.15, -0.1) is 0 Å². The molecule has 6 nitrogen and oxygen atoms in total. The predicted octanol–water partition coefficient (Wildman–Crippen LogP) is -0.674. The lowest BCUT2D eigenvalue weighted by Crippen LogP contribution is -2.33. The van der Waals surface area contributed by atoms with E-state index in [1.54, 1.807) is 6.92 Å². The minimum atomic E-state index is -0.230. The minimum absolute atomic E-state index is 0.130. The number of aryl methyl sites for hydroxylation is 1. The van der Waals surface area contributed by atoms with Gasteiger partial charge in [0.2, 0.25) is 5.89 Å². The normalized spacial score (nSPS) is 32.5. The summed E-state index contributed by atoms with van der Waals surface area (Å²) in [6.07, 6.45) is 0. The number of fused-ring (bicyclic) bond motifs is 1. The van der Waals surface area contributed by atoms with Crippen LogP contribution >= 0.6 is 0 Å². The first-order valence-electron chi connectivity index (χ1n) is 5.07. The van der Waals surface area contributed by atoms with Crippen LogP contribution in [0, 0.1) is 18.8 Å². The Labute approximate surface area is 86.4 Å². The summed E-state index contributed by atoms with van der Waals surface area (Å²) in [5.41, 5.74) is 0. The number of nitrogens with one attached hydrogen (secondary N) is 2. The van der Waals surface area contributed by atoms with E-state index in [0.717, 1.165) is 13.1 Å². The molecule has 1 amide bonds. The van der Waals surface area contributed by atoms with Gasteiger partial charge in [0.25, 0.3) is 11.7 Å². The lowest BCUT2D eigenvalue weighted by molar-refractivity contribution is 0.0933. The highest BCUT2D eigenvalue weighted by Gasteiger charge is 2.53. The maximum Gasteiger partial charge on any atom is 0.292 e. The Morgan fingerprint density at radius 3 is 2.87 bits per heavy atom. The number of piperidine rings is 1. The van der Waals surface area contributed by atoms with Crippen LogP contribution in [0.1, 0.15) is 16.5 Å². The Bertz CT molecular complexity index is 393. The molecule has 2 aliphatic rings. The summed E-state index contributed by atoms with van der Waals surface area (Å²) in [6.45, 7) is 3.67. The number of carbonyl (C=O) groups excluding carboxylic acids is 1. The van der Waals surface area contributed by atoms with Crippen molar-refractivity contribution in [2.75, 3.05) is 13.1 Å². The van der Waals surface area contributed by atoms with E-state index in [-0.39, 0.29) is 11.7 Å². The summed E-state index contributed by atoms with van der Waals surface area (Å²) in [5.74, 6) is 1.51. The number of aromatic nitrogens is 2. The molecule has 0 bridgehead atoms. The second-order valence-electron chi connectivity index (χ2n) is 4.12. The van der Waals surface area contributed by atoms with Crippen molar-refractivity contribution >= 4 is 5.91 Å². The van der Waals surface area contributed by atoms with E-state index < -0.39 is 0 Å². The number of hydrogen-bond acceptors (Lipinski definition) is 5. The zero-order valence-electron chi connectivity index (χ0n) is 8.36. The summed E-state index contributed by atoms with van der Waals surface area (Å²) >= 11 is 0. The molecule has 3 rings (SSSR count). The van der Waals surface area contributed by atoms with Gasteiger partial charge in [-0.05, 0) is 11.8 Å². The highest BCUT2D eigenvalue weighted by Crippen LogP contribution is 2.41. The van der Waals surface area contributed by atoms with Crippen molar-refractivity contribution in [3.05, 3.63) is 11.7 Å². The van der Waals surface area contributed by atoms with Crippen molar-refractivity contribution in [3.63, 3.8) is 0 Å². The quantitative estimate of drug-likeness (QED) is 0.673. The van der Waals surface area contributed by atoms with Gasteiger partial charge in [-0.25, -0.2) is 0 Å². The van der Waals surface area contributed by atoms with Gasteiger partial charge >= 0.3 is 0 Å². The molecule has 80 valence electrons. The third-order valence-electron chi connectivity index (χ3n) is 3.12. The zero-order valence-corrected chi connectivity index (χ0v) is 8.36. The van der Waals surface area contributed by atoms with Gasteiger partial charge in [-0.3, -0.25) is 4.79 Å². The standard InChI is InChI=1S/C9H12N4O2/c1-4-11-8(13-15-4)9(14)12-7-5-2-10-3-6(5)7/h5-7,10H,2-3H2,1H3,(H,12,14). The first-order valence-corrected chi connectivity index (χ1v) is 5.07. The van der Waals surface area contributed by atoms with Crippen molar-refractivity contribution in [1.82, 2.24) is 20.8 Å². The third kappa shape index (κ3) is 1.41. The topological polar surface area (TPSA) is 80.0 Å². The van der Waals surface area contributed by atoms with Crippen LogP contribution < -0.4 is 10.6 Å². The van der Waals surface area contributed by atoms with Gasteiger partial charge in [0.1, 0.15) is 0 Å². The SMILES string of the molecule is Cc1nc(C(=O)NC2C3CNCC32)no1. The molecule has 6 heteroatoms.